The summed E-state index contributed by atoms with van der Waals surface area (Å²) in [7, 11) is 5.68. The van der Waals surface area contributed by atoms with Crippen LogP contribution in [-0.4, -0.2) is 83.1 Å². The fourth-order valence-electron chi connectivity index (χ4n) is 4.24. The molecule has 1 saturated heterocycles. The first-order chi connectivity index (χ1) is 16.9. The van der Waals surface area contributed by atoms with Crippen LogP contribution in [0.4, 0.5) is 5.95 Å². The zero-order valence-electron chi connectivity index (χ0n) is 20.2. The van der Waals surface area contributed by atoms with Crippen LogP contribution in [0.1, 0.15) is 39.1 Å². The Morgan fingerprint density at radius 1 is 1.29 bits per heavy atom. The summed E-state index contributed by atoms with van der Waals surface area (Å²) in [5, 5.41) is 12.0. The number of likely N-dealkylation sites (tertiary alicyclic amines) is 1. The number of hydrogen-bond donors (Lipinski definition) is 1. The Morgan fingerprint density at radius 3 is 2.83 bits per heavy atom. The van der Waals surface area contributed by atoms with E-state index in [1.807, 2.05) is 29.6 Å². The fourth-order valence-corrected chi connectivity index (χ4v) is 4.24. The summed E-state index contributed by atoms with van der Waals surface area (Å²) >= 11 is 0. The summed E-state index contributed by atoms with van der Waals surface area (Å²) in [5.41, 5.74) is 2.32. The highest BCUT2D eigenvalue weighted by molar-refractivity contribution is 6.04. The van der Waals surface area contributed by atoms with Crippen molar-refractivity contribution in [2.24, 2.45) is 0 Å². The predicted molar refractivity (Wildman–Crippen MR) is 131 cm³/mol. The van der Waals surface area contributed by atoms with Gasteiger partial charge in [0.25, 0.3) is 11.8 Å². The number of pyridine rings is 1. The maximum Gasteiger partial charge on any atom is 0.258 e. The van der Waals surface area contributed by atoms with E-state index in [2.05, 4.69) is 20.2 Å². The Bertz CT molecular complexity index is 1280. The lowest BCUT2D eigenvalue weighted by atomic mass is 10.1. The van der Waals surface area contributed by atoms with Crippen molar-refractivity contribution in [3.05, 3.63) is 53.2 Å². The molecule has 2 amide bonds. The van der Waals surface area contributed by atoms with E-state index < -0.39 is 0 Å². The number of methoxy groups -OCH3 is 1. The molecular formula is C25H29N7O3. The Kier molecular flexibility index (Phi) is 7.39. The number of imidazole rings is 1. The van der Waals surface area contributed by atoms with Crippen molar-refractivity contribution in [3.63, 3.8) is 0 Å². The zero-order chi connectivity index (χ0) is 24.9. The third kappa shape index (κ3) is 5.31. The molecule has 0 radical (unpaired) electrons. The quantitative estimate of drug-likeness (QED) is 0.497. The topological polar surface area (TPSA) is 116 Å². The molecule has 1 aliphatic heterocycles. The maximum absolute atomic E-state index is 13.1. The van der Waals surface area contributed by atoms with Gasteiger partial charge >= 0.3 is 0 Å². The van der Waals surface area contributed by atoms with Gasteiger partial charge in [-0.15, -0.1) is 0 Å². The molecule has 1 unspecified atom stereocenters. The molecule has 1 aliphatic rings. The van der Waals surface area contributed by atoms with Crippen molar-refractivity contribution in [1.82, 2.24) is 24.3 Å². The van der Waals surface area contributed by atoms with Gasteiger partial charge in [0.05, 0.1) is 17.2 Å². The number of rotatable bonds is 8. The molecule has 3 heterocycles. The molecule has 4 rings (SSSR count). The number of carbonyl (C=O) groups is 2. The smallest absolute Gasteiger partial charge is 0.258 e. The van der Waals surface area contributed by atoms with Gasteiger partial charge in [-0.25, -0.2) is 9.97 Å². The number of carbonyl (C=O) groups excluding carboxylic acids is 2. The molecule has 2 aromatic heterocycles. The first kappa shape index (κ1) is 24.3. The maximum atomic E-state index is 13.1. The third-order valence-corrected chi connectivity index (χ3v) is 6.22. The number of nitrogens with zero attached hydrogens (tertiary/aromatic N) is 6. The Labute approximate surface area is 204 Å². The standard InChI is InChI=1S/C25H29N7O3/c1-30(2)20-8-10-31(16-20)24(34)19-13-21-22(27-15-19)32(9-5-11-35-3)25(28-21)29-23(33)18-7-4-6-17(12-18)14-26/h4,6-7,12-13,15,20H,5,8-11,16H2,1-3H3,(H,28,29,33). The van der Waals surface area contributed by atoms with Crippen molar-refractivity contribution in [1.29, 1.82) is 5.26 Å². The number of fused-ring (bicyclic) bond motifs is 1. The van der Waals surface area contributed by atoms with Gasteiger partial charge in [0.2, 0.25) is 5.95 Å². The third-order valence-electron chi connectivity index (χ3n) is 6.22. The zero-order valence-corrected chi connectivity index (χ0v) is 20.2. The minimum atomic E-state index is -0.381. The number of benzene rings is 1. The molecule has 1 aromatic carbocycles. The summed E-state index contributed by atoms with van der Waals surface area (Å²) in [5.74, 6) is -0.125. The molecule has 1 N–H and O–H groups in total. The van der Waals surface area contributed by atoms with Crippen LogP contribution >= 0.6 is 0 Å². The summed E-state index contributed by atoms with van der Waals surface area (Å²) in [4.78, 5) is 39.1. The van der Waals surface area contributed by atoms with Crippen LogP contribution in [0.15, 0.2) is 36.5 Å². The van der Waals surface area contributed by atoms with E-state index in [0.717, 1.165) is 6.42 Å². The molecule has 1 fully saturated rings. The lowest BCUT2D eigenvalue weighted by Crippen LogP contribution is -2.34. The number of aromatic nitrogens is 3. The molecule has 0 aliphatic carbocycles. The van der Waals surface area contributed by atoms with Crippen LogP contribution < -0.4 is 5.32 Å². The van der Waals surface area contributed by atoms with Crippen molar-refractivity contribution in [2.45, 2.75) is 25.4 Å². The van der Waals surface area contributed by atoms with Crippen molar-refractivity contribution < 1.29 is 14.3 Å². The number of amides is 2. The molecule has 10 nitrogen and oxygen atoms in total. The molecule has 0 saturated carbocycles. The minimum absolute atomic E-state index is 0.0726. The fraction of sp³-hybridized carbons (Fsp3) is 0.400. The highest BCUT2D eigenvalue weighted by atomic mass is 16.5. The van der Waals surface area contributed by atoms with Gasteiger partial charge in [-0.1, -0.05) is 6.07 Å². The van der Waals surface area contributed by atoms with E-state index in [1.54, 1.807) is 37.6 Å². The highest BCUT2D eigenvalue weighted by Crippen LogP contribution is 2.23. The summed E-state index contributed by atoms with van der Waals surface area (Å²) < 4.78 is 6.99. The van der Waals surface area contributed by atoms with Gasteiger partial charge in [-0.2, -0.15) is 5.26 Å². The Hall–Kier alpha value is -3.81. The van der Waals surface area contributed by atoms with Crippen molar-refractivity contribution >= 4 is 28.9 Å². The summed E-state index contributed by atoms with van der Waals surface area (Å²) in [6, 6.07) is 10.6. The Balaban J connectivity index is 1.62. The Morgan fingerprint density at radius 2 is 2.11 bits per heavy atom. The summed E-state index contributed by atoms with van der Waals surface area (Å²) in [6.45, 7) is 2.44. The second-order valence-electron chi connectivity index (χ2n) is 8.80. The average molecular weight is 476 g/mol. The van der Waals surface area contributed by atoms with Crippen LogP contribution in [0.25, 0.3) is 11.2 Å². The van der Waals surface area contributed by atoms with Crippen LogP contribution in [-0.2, 0) is 11.3 Å². The van der Waals surface area contributed by atoms with Gasteiger partial charge in [0.1, 0.15) is 5.52 Å². The normalized spacial score (nSPS) is 15.5. The second-order valence-corrected chi connectivity index (χ2v) is 8.80. The minimum Gasteiger partial charge on any atom is -0.385 e. The van der Waals surface area contributed by atoms with E-state index in [4.69, 9.17) is 10.00 Å². The first-order valence-corrected chi connectivity index (χ1v) is 11.5. The van der Waals surface area contributed by atoms with Crippen LogP contribution in [0, 0.1) is 11.3 Å². The van der Waals surface area contributed by atoms with Gasteiger partial charge in [-0.3, -0.25) is 19.5 Å². The summed E-state index contributed by atoms with van der Waals surface area (Å²) in [6.07, 6.45) is 3.20. The molecule has 35 heavy (non-hydrogen) atoms. The monoisotopic (exact) mass is 475 g/mol. The van der Waals surface area contributed by atoms with E-state index in [0.29, 0.717) is 72.5 Å². The van der Waals surface area contributed by atoms with Gasteiger partial charge < -0.3 is 14.5 Å². The number of nitrogens with one attached hydrogen (secondary N) is 1. The van der Waals surface area contributed by atoms with Crippen LogP contribution in [0.3, 0.4) is 0 Å². The predicted octanol–water partition coefficient (Wildman–Crippen LogP) is 2.37. The van der Waals surface area contributed by atoms with Gasteiger partial charge in [-0.05, 0) is 51.2 Å². The number of nitriles is 1. The molecule has 1 atom stereocenters. The molecule has 3 aromatic rings. The lowest BCUT2D eigenvalue weighted by Gasteiger charge is -2.20. The van der Waals surface area contributed by atoms with Crippen LogP contribution in [0.5, 0.6) is 0 Å². The van der Waals surface area contributed by atoms with Gasteiger partial charge in [0, 0.05) is 51.2 Å². The number of anilines is 1. The number of aryl methyl sites for hydroxylation is 1. The second kappa shape index (κ2) is 10.6. The SMILES string of the molecule is COCCCn1c(NC(=O)c2cccc(C#N)c2)nc2cc(C(=O)N3CCC(N(C)C)C3)cnc21. The van der Waals surface area contributed by atoms with E-state index >= 15 is 0 Å². The van der Waals surface area contributed by atoms with Crippen LogP contribution in [0.2, 0.25) is 0 Å². The number of likely N-dealkylation sites (N-methyl/N-ethyl adjacent to an activating group) is 1. The van der Waals surface area contributed by atoms with E-state index in [9.17, 15) is 9.59 Å². The first-order valence-electron chi connectivity index (χ1n) is 11.5. The van der Waals surface area contributed by atoms with E-state index in [-0.39, 0.29) is 11.8 Å². The molecule has 182 valence electrons. The molecular weight excluding hydrogens is 446 g/mol. The largest absolute Gasteiger partial charge is 0.385 e. The molecule has 0 bridgehead atoms. The molecule has 10 heteroatoms. The van der Waals surface area contributed by atoms with Crippen molar-refractivity contribution in [3.8, 4) is 6.07 Å². The van der Waals surface area contributed by atoms with Crippen molar-refractivity contribution in [2.75, 3.05) is 46.2 Å². The number of hydrogen-bond acceptors (Lipinski definition) is 7. The highest BCUT2D eigenvalue weighted by Gasteiger charge is 2.28. The number of ether oxygens (including phenoxy) is 1. The van der Waals surface area contributed by atoms with E-state index in [1.165, 1.54) is 6.07 Å². The average Bonchev–Trinajstić information content (AvgIpc) is 3.49. The van der Waals surface area contributed by atoms with Gasteiger partial charge in [0.15, 0.2) is 5.65 Å². The molecule has 0 spiro atoms. The lowest BCUT2D eigenvalue weighted by molar-refractivity contribution is 0.0782.